The number of amides is 1. The monoisotopic (exact) mass is 844 g/mol. The van der Waals surface area contributed by atoms with Crippen LogP contribution in [0.15, 0.2) is 82.0 Å². The molecule has 264 valence electrons. The van der Waals surface area contributed by atoms with Crippen LogP contribution in [0.3, 0.4) is 0 Å². The molecule has 2 aliphatic carbocycles. The van der Waals surface area contributed by atoms with Gasteiger partial charge in [0.2, 0.25) is 11.1 Å². The highest BCUT2D eigenvalue weighted by Gasteiger charge is 2.53. The second-order valence-corrected chi connectivity index (χ2v) is 13.2. The van der Waals surface area contributed by atoms with Gasteiger partial charge in [0.05, 0.1) is 10.8 Å². The summed E-state index contributed by atoms with van der Waals surface area (Å²) in [6, 6.07) is 19.4. The molecule has 0 saturated heterocycles. The summed E-state index contributed by atoms with van der Waals surface area (Å²) in [5.74, 6) is 0.560. The standard InChI is InChI=1S/C16H11BrF2N2O3.C11H7ClF2O3.C5H5BrN2.CH4/c17-12-2-1-3-13(20-12)21-14(22)15(6-7-15)9-4-5-10-11(8-9)24-16(18,19)23-10;12-9(15)10(3-4-10)6-1-2-7-8(5-6)17-11(13,14)16-7;6-4-2-1-3-5(7)8-4;/h1-5,8H,6-7H2,(H,20,21,22);1-2,5H,3-4H2;1-3H,(H2,7,8);1H4. The smallest absolute Gasteiger partial charge is 0.395 e. The Morgan fingerprint density at radius 1 is 0.700 bits per heavy atom. The third-order valence-corrected chi connectivity index (χ3v) is 9.16. The van der Waals surface area contributed by atoms with Crippen LogP contribution in [0, 0.1) is 0 Å². The minimum absolute atomic E-state index is 0. The number of carbonyl (C=O) groups excluding carboxylic acids is 2. The first-order valence-electron chi connectivity index (χ1n) is 14.4. The van der Waals surface area contributed by atoms with Gasteiger partial charge in [-0.1, -0.05) is 31.7 Å². The molecule has 2 fully saturated rings. The van der Waals surface area contributed by atoms with Crippen molar-refractivity contribution >= 4 is 66.2 Å². The first kappa shape index (κ1) is 37.1. The quantitative estimate of drug-likeness (QED) is 0.115. The van der Waals surface area contributed by atoms with Gasteiger partial charge in [0.1, 0.15) is 20.8 Å². The van der Waals surface area contributed by atoms with E-state index in [-0.39, 0.29) is 36.3 Å². The summed E-state index contributed by atoms with van der Waals surface area (Å²) in [7, 11) is 0. The molecular weight excluding hydrogens is 820 g/mol. The van der Waals surface area contributed by atoms with Gasteiger partial charge in [-0.2, -0.15) is 0 Å². The van der Waals surface area contributed by atoms with Crippen LogP contribution >= 0.6 is 43.5 Å². The molecule has 2 aromatic carbocycles. The van der Waals surface area contributed by atoms with Gasteiger partial charge >= 0.3 is 12.6 Å². The lowest BCUT2D eigenvalue weighted by Crippen LogP contribution is -2.28. The van der Waals surface area contributed by atoms with Crippen LogP contribution in [0.1, 0.15) is 44.2 Å². The molecule has 17 heteroatoms. The van der Waals surface area contributed by atoms with Gasteiger partial charge in [-0.15, -0.1) is 17.6 Å². The lowest BCUT2D eigenvalue weighted by Gasteiger charge is -2.16. The van der Waals surface area contributed by atoms with Crippen LogP contribution in [0.5, 0.6) is 23.0 Å². The second-order valence-electron chi connectivity index (χ2n) is 11.3. The Morgan fingerprint density at radius 2 is 1.16 bits per heavy atom. The number of nitrogens with zero attached hydrogens (tertiary/aromatic N) is 2. The number of alkyl halides is 4. The fourth-order valence-electron chi connectivity index (χ4n) is 5.13. The Bertz CT molecular complexity index is 1930. The summed E-state index contributed by atoms with van der Waals surface area (Å²) < 4.78 is 70.7. The van der Waals surface area contributed by atoms with Gasteiger partial charge in [0, 0.05) is 0 Å². The zero-order valence-electron chi connectivity index (χ0n) is 24.8. The van der Waals surface area contributed by atoms with Gasteiger partial charge < -0.3 is 30.0 Å². The molecule has 0 atom stereocenters. The highest BCUT2D eigenvalue weighted by Crippen LogP contribution is 2.53. The number of anilines is 2. The van der Waals surface area contributed by atoms with E-state index in [0.717, 1.165) is 4.60 Å². The molecule has 3 N–H and O–H groups in total. The number of hydrogen-bond donors (Lipinski definition) is 2. The third-order valence-electron chi connectivity index (χ3n) is 7.91. The first-order chi connectivity index (χ1) is 23.1. The highest BCUT2D eigenvalue weighted by molar-refractivity contribution is 9.10. The summed E-state index contributed by atoms with van der Waals surface area (Å²) in [6.45, 7) is 0. The lowest BCUT2D eigenvalue weighted by atomic mass is 9.94. The number of nitrogen functional groups attached to an aromatic ring is 1. The van der Waals surface area contributed by atoms with Crippen molar-refractivity contribution < 1.29 is 46.1 Å². The first-order valence-corrected chi connectivity index (χ1v) is 16.4. The average molecular weight is 847 g/mol. The maximum Gasteiger partial charge on any atom is 0.586 e. The number of fused-ring (bicyclic) bond motifs is 2. The Hall–Kier alpha value is -4.15. The van der Waals surface area contributed by atoms with Crippen molar-refractivity contribution in [2.75, 3.05) is 11.1 Å². The third kappa shape index (κ3) is 8.08. The molecule has 2 aliphatic heterocycles. The molecule has 0 bridgehead atoms. The minimum atomic E-state index is -3.67. The molecule has 50 heavy (non-hydrogen) atoms. The van der Waals surface area contributed by atoms with E-state index >= 15 is 0 Å². The molecule has 0 spiro atoms. The van der Waals surface area contributed by atoms with E-state index in [0.29, 0.717) is 53.0 Å². The summed E-state index contributed by atoms with van der Waals surface area (Å²) in [6.07, 6.45) is -4.79. The topological polar surface area (TPSA) is 135 Å². The number of nitrogens with two attached hydrogens (primary N) is 1. The molecular formula is C33H27Br2ClF4N4O6. The summed E-state index contributed by atoms with van der Waals surface area (Å²) in [5.41, 5.74) is 5.06. The van der Waals surface area contributed by atoms with Crippen LogP contribution in [-0.4, -0.2) is 33.7 Å². The van der Waals surface area contributed by atoms with Crippen LogP contribution in [-0.2, 0) is 20.4 Å². The Labute approximate surface area is 304 Å². The molecule has 2 saturated carbocycles. The van der Waals surface area contributed by atoms with Crippen LogP contribution < -0.4 is 30.0 Å². The van der Waals surface area contributed by atoms with E-state index in [2.05, 4.69) is 66.1 Å². The number of carbonyl (C=O) groups is 2. The second kappa shape index (κ2) is 13.9. The zero-order chi connectivity index (χ0) is 35.2. The summed E-state index contributed by atoms with van der Waals surface area (Å²) in [4.78, 5) is 32.0. The minimum Gasteiger partial charge on any atom is -0.395 e. The molecule has 10 nitrogen and oxygen atoms in total. The maximum absolute atomic E-state index is 13.1. The van der Waals surface area contributed by atoms with E-state index in [1.54, 1.807) is 36.4 Å². The maximum atomic E-state index is 13.1. The van der Waals surface area contributed by atoms with Crippen LogP contribution in [0.25, 0.3) is 0 Å². The van der Waals surface area contributed by atoms with Crippen molar-refractivity contribution in [3.05, 3.63) is 93.1 Å². The Balaban J connectivity index is 0.000000162. The normalized spacial score (nSPS) is 18.1. The van der Waals surface area contributed by atoms with Crippen molar-refractivity contribution in [2.24, 2.45) is 0 Å². The van der Waals surface area contributed by atoms with Crippen LogP contribution in [0.2, 0.25) is 0 Å². The number of rotatable bonds is 5. The molecule has 2 aromatic heterocycles. The molecule has 1 amide bonds. The number of nitrogens with one attached hydrogen (secondary N) is 1. The highest BCUT2D eigenvalue weighted by atomic mass is 79.9. The molecule has 4 aromatic rings. The van der Waals surface area contributed by atoms with Gasteiger partial charge in [0.25, 0.3) is 0 Å². The van der Waals surface area contributed by atoms with E-state index in [1.807, 2.05) is 12.1 Å². The molecule has 0 unspecified atom stereocenters. The molecule has 4 aliphatic rings. The summed E-state index contributed by atoms with van der Waals surface area (Å²) in [5, 5.41) is 2.30. The number of benzene rings is 2. The van der Waals surface area contributed by atoms with Gasteiger partial charge in [-0.25, -0.2) is 9.97 Å². The van der Waals surface area contributed by atoms with Crippen molar-refractivity contribution in [3.8, 4) is 23.0 Å². The van der Waals surface area contributed by atoms with Gasteiger partial charge in [-0.3, -0.25) is 9.59 Å². The number of pyridine rings is 2. The fraction of sp³-hybridized carbons (Fsp3) is 0.273. The van der Waals surface area contributed by atoms with Crippen molar-refractivity contribution in [1.29, 1.82) is 0 Å². The van der Waals surface area contributed by atoms with Crippen LogP contribution in [0.4, 0.5) is 29.2 Å². The van der Waals surface area contributed by atoms with Gasteiger partial charge in [-0.05, 0) is 129 Å². The van der Waals surface area contributed by atoms with Gasteiger partial charge in [0.15, 0.2) is 23.0 Å². The van der Waals surface area contributed by atoms with E-state index in [9.17, 15) is 27.2 Å². The van der Waals surface area contributed by atoms with E-state index in [1.165, 1.54) is 24.3 Å². The number of hydrogen-bond acceptors (Lipinski definition) is 9. The van der Waals surface area contributed by atoms with Crippen molar-refractivity contribution in [3.63, 3.8) is 0 Å². The predicted molar refractivity (Wildman–Crippen MR) is 182 cm³/mol. The van der Waals surface area contributed by atoms with E-state index < -0.39 is 28.7 Å². The molecule has 8 rings (SSSR count). The zero-order valence-corrected chi connectivity index (χ0v) is 28.8. The Morgan fingerprint density at radius 3 is 1.58 bits per heavy atom. The SMILES string of the molecule is C.Nc1cccc(Br)n1.O=C(Cl)C1(c2ccc3c(c2)OC(F)(F)O3)CC1.O=C(Nc1cccc(Br)n1)C1(c2ccc3c(c2)OC(F)(F)O3)CC1. The molecule has 0 radical (unpaired) electrons. The number of aromatic nitrogens is 2. The molecule has 4 heterocycles. The average Bonchev–Trinajstić information content (AvgIpc) is 3.93. The predicted octanol–water partition coefficient (Wildman–Crippen LogP) is 8.70. The number of ether oxygens (including phenoxy) is 4. The lowest BCUT2D eigenvalue weighted by molar-refractivity contribution is -0.287. The van der Waals surface area contributed by atoms with E-state index in [4.69, 9.17) is 17.3 Å². The fourth-order valence-corrected chi connectivity index (χ4v) is 6.13. The Kier molecular flexibility index (Phi) is 10.3. The summed E-state index contributed by atoms with van der Waals surface area (Å²) >= 11 is 11.9. The van der Waals surface area contributed by atoms with Crippen molar-refractivity contribution in [1.82, 2.24) is 9.97 Å². The number of halogens is 7. The largest absolute Gasteiger partial charge is 0.586 e. The van der Waals surface area contributed by atoms with Crippen molar-refractivity contribution in [2.45, 2.75) is 56.5 Å².